The van der Waals surface area contributed by atoms with Crippen LogP contribution in [0.15, 0.2) is 30.5 Å². The summed E-state index contributed by atoms with van der Waals surface area (Å²) in [4.78, 5) is 14.8. The Balaban J connectivity index is 1.89. The molecular weight excluding hydrogens is 312 g/mol. The van der Waals surface area contributed by atoms with Crippen LogP contribution in [0.4, 0.5) is 0 Å². The van der Waals surface area contributed by atoms with Crippen molar-refractivity contribution in [3.05, 3.63) is 41.0 Å². The molecule has 1 atom stereocenters. The van der Waals surface area contributed by atoms with E-state index in [-0.39, 0.29) is 5.91 Å². The number of nitrogens with one attached hydrogen (secondary N) is 1. The van der Waals surface area contributed by atoms with E-state index in [9.17, 15) is 4.79 Å². The smallest absolute Gasteiger partial charge is 0.257 e. The molecule has 1 fully saturated rings. The van der Waals surface area contributed by atoms with Crippen molar-refractivity contribution in [2.75, 3.05) is 26.7 Å². The Bertz CT molecular complexity index is 712. The number of aryl methyl sites for hydroxylation is 1. The molecule has 1 aromatic heterocycles. The number of nitrogens with zero attached hydrogens (tertiary/aromatic N) is 3. The van der Waals surface area contributed by atoms with Crippen LogP contribution in [0.2, 0.25) is 5.02 Å². The van der Waals surface area contributed by atoms with Crippen molar-refractivity contribution in [3.63, 3.8) is 0 Å². The van der Waals surface area contributed by atoms with Gasteiger partial charge in [-0.1, -0.05) is 29.8 Å². The van der Waals surface area contributed by atoms with Gasteiger partial charge in [-0.2, -0.15) is 5.10 Å². The van der Waals surface area contributed by atoms with Crippen molar-refractivity contribution < 1.29 is 4.79 Å². The van der Waals surface area contributed by atoms with Gasteiger partial charge in [-0.3, -0.25) is 9.48 Å². The van der Waals surface area contributed by atoms with Crippen molar-refractivity contribution in [1.29, 1.82) is 0 Å². The summed E-state index contributed by atoms with van der Waals surface area (Å²) in [6.07, 6.45) is 2.82. The first-order chi connectivity index (χ1) is 11.1. The molecule has 2 aromatic rings. The second-order valence-corrected chi connectivity index (χ2v) is 6.42. The van der Waals surface area contributed by atoms with E-state index in [2.05, 4.69) is 10.4 Å². The van der Waals surface area contributed by atoms with E-state index in [1.807, 2.05) is 43.3 Å². The Kier molecular flexibility index (Phi) is 4.68. The van der Waals surface area contributed by atoms with Gasteiger partial charge in [-0.25, -0.2) is 0 Å². The van der Waals surface area contributed by atoms with Crippen LogP contribution >= 0.6 is 11.6 Å². The number of rotatable bonds is 4. The second kappa shape index (κ2) is 6.72. The molecular formula is C17H21ClN4O. The van der Waals surface area contributed by atoms with E-state index in [0.29, 0.717) is 22.2 Å². The van der Waals surface area contributed by atoms with E-state index in [0.717, 1.165) is 31.6 Å². The van der Waals surface area contributed by atoms with Gasteiger partial charge in [0.25, 0.3) is 5.91 Å². The van der Waals surface area contributed by atoms with Crippen molar-refractivity contribution in [2.24, 2.45) is 13.0 Å². The van der Waals surface area contributed by atoms with Crippen molar-refractivity contribution in [2.45, 2.75) is 6.42 Å². The Hall–Kier alpha value is -1.85. The van der Waals surface area contributed by atoms with Crippen molar-refractivity contribution >= 4 is 17.5 Å². The number of benzene rings is 1. The normalized spacial score (nSPS) is 17.7. The maximum Gasteiger partial charge on any atom is 0.257 e. The number of hydrogen-bond acceptors (Lipinski definition) is 3. The Labute approximate surface area is 141 Å². The Morgan fingerprint density at radius 1 is 1.43 bits per heavy atom. The lowest BCUT2D eigenvalue weighted by Crippen LogP contribution is -2.30. The maximum absolute atomic E-state index is 12.9. The fourth-order valence-electron chi connectivity index (χ4n) is 3.14. The van der Waals surface area contributed by atoms with Crippen LogP contribution in [0.5, 0.6) is 0 Å². The molecule has 0 radical (unpaired) electrons. The molecule has 0 unspecified atom stereocenters. The molecule has 122 valence electrons. The lowest BCUT2D eigenvalue weighted by Gasteiger charge is -2.16. The highest BCUT2D eigenvalue weighted by atomic mass is 35.5. The number of carbonyl (C=O) groups excluding carboxylic acids is 1. The molecule has 1 amide bonds. The number of halogens is 1. The summed E-state index contributed by atoms with van der Waals surface area (Å²) in [6.45, 7) is 2.52. The Morgan fingerprint density at radius 2 is 2.22 bits per heavy atom. The molecule has 1 saturated heterocycles. The molecule has 6 heteroatoms. The van der Waals surface area contributed by atoms with Gasteiger partial charge in [0.2, 0.25) is 0 Å². The number of amides is 1. The number of aromatic nitrogens is 2. The third kappa shape index (κ3) is 3.26. The van der Waals surface area contributed by atoms with Gasteiger partial charge in [-0.15, -0.1) is 0 Å². The molecule has 0 saturated carbocycles. The SMILES string of the molecule is CNC[C@H]1CCN(C(=O)c2cn(C)nc2-c2ccccc2Cl)C1. The van der Waals surface area contributed by atoms with Gasteiger partial charge in [0.15, 0.2) is 0 Å². The van der Waals surface area contributed by atoms with Crippen LogP contribution in [0.3, 0.4) is 0 Å². The van der Waals surface area contributed by atoms with E-state index >= 15 is 0 Å². The molecule has 2 heterocycles. The molecule has 5 nitrogen and oxygen atoms in total. The predicted molar refractivity (Wildman–Crippen MR) is 91.6 cm³/mol. The first-order valence-electron chi connectivity index (χ1n) is 7.82. The van der Waals surface area contributed by atoms with Crippen LogP contribution < -0.4 is 5.32 Å². The second-order valence-electron chi connectivity index (χ2n) is 6.01. The van der Waals surface area contributed by atoms with Gasteiger partial charge in [0.05, 0.1) is 10.6 Å². The number of carbonyl (C=O) groups is 1. The molecule has 1 aromatic carbocycles. The lowest BCUT2D eigenvalue weighted by atomic mass is 10.1. The van der Waals surface area contributed by atoms with Crippen LogP contribution in [-0.2, 0) is 7.05 Å². The first-order valence-corrected chi connectivity index (χ1v) is 8.20. The minimum absolute atomic E-state index is 0.0339. The van der Waals surface area contributed by atoms with Crippen LogP contribution in [-0.4, -0.2) is 47.3 Å². The zero-order valence-electron chi connectivity index (χ0n) is 13.4. The van der Waals surface area contributed by atoms with E-state index in [1.54, 1.807) is 10.9 Å². The minimum Gasteiger partial charge on any atom is -0.338 e. The van der Waals surface area contributed by atoms with Gasteiger partial charge in [0.1, 0.15) is 5.69 Å². The molecule has 23 heavy (non-hydrogen) atoms. The fourth-order valence-corrected chi connectivity index (χ4v) is 3.37. The van der Waals surface area contributed by atoms with Crippen LogP contribution in [0.25, 0.3) is 11.3 Å². The largest absolute Gasteiger partial charge is 0.338 e. The predicted octanol–water partition coefficient (Wildman–Crippen LogP) is 2.42. The maximum atomic E-state index is 12.9. The van der Waals surface area contributed by atoms with Crippen molar-refractivity contribution in [3.8, 4) is 11.3 Å². The quantitative estimate of drug-likeness (QED) is 0.935. The fraction of sp³-hybridized carbons (Fsp3) is 0.412. The molecule has 3 rings (SSSR count). The zero-order valence-corrected chi connectivity index (χ0v) is 14.2. The Morgan fingerprint density at radius 3 is 2.96 bits per heavy atom. The minimum atomic E-state index is 0.0339. The van der Waals surface area contributed by atoms with Gasteiger partial charge in [0, 0.05) is 31.9 Å². The third-order valence-electron chi connectivity index (χ3n) is 4.25. The highest BCUT2D eigenvalue weighted by Gasteiger charge is 2.29. The first kappa shape index (κ1) is 16.0. The monoisotopic (exact) mass is 332 g/mol. The van der Waals surface area contributed by atoms with Crippen LogP contribution in [0, 0.1) is 5.92 Å². The average molecular weight is 333 g/mol. The molecule has 0 spiro atoms. The summed E-state index contributed by atoms with van der Waals surface area (Å²) in [5.74, 6) is 0.552. The highest BCUT2D eigenvalue weighted by Crippen LogP contribution is 2.30. The van der Waals surface area contributed by atoms with E-state index in [4.69, 9.17) is 11.6 Å². The summed E-state index contributed by atoms with van der Waals surface area (Å²) >= 11 is 6.29. The molecule has 1 N–H and O–H groups in total. The van der Waals surface area contributed by atoms with Gasteiger partial charge >= 0.3 is 0 Å². The molecule has 0 bridgehead atoms. The standard InChI is InChI=1S/C17H21ClN4O/c1-19-9-12-7-8-22(10-12)17(23)14-11-21(2)20-16(14)13-5-3-4-6-15(13)18/h3-6,11-12,19H,7-10H2,1-2H3/t12-/m1/s1. The summed E-state index contributed by atoms with van der Waals surface area (Å²) in [5.41, 5.74) is 2.06. The van der Waals surface area contributed by atoms with Crippen molar-refractivity contribution in [1.82, 2.24) is 20.0 Å². The summed E-state index contributed by atoms with van der Waals surface area (Å²) in [7, 11) is 3.77. The van der Waals surface area contributed by atoms with Gasteiger partial charge in [-0.05, 0) is 32.0 Å². The highest BCUT2D eigenvalue weighted by molar-refractivity contribution is 6.33. The molecule has 1 aliphatic heterocycles. The number of hydrogen-bond donors (Lipinski definition) is 1. The molecule has 0 aliphatic carbocycles. The number of likely N-dealkylation sites (tertiary alicyclic amines) is 1. The van der Waals surface area contributed by atoms with E-state index in [1.165, 1.54) is 0 Å². The van der Waals surface area contributed by atoms with Crippen LogP contribution in [0.1, 0.15) is 16.8 Å². The topological polar surface area (TPSA) is 50.2 Å². The van der Waals surface area contributed by atoms with E-state index < -0.39 is 0 Å². The molecule has 1 aliphatic rings. The third-order valence-corrected chi connectivity index (χ3v) is 4.58. The summed E-state index contributed by atoms with van der Waals surface area (Å²) in [6, 6.07) is 7.50. The lowest BCUT2D eigenvalue weighted by molar-refractivity contribution is 0.0788. The average Bonchev–Trinajstić information content (AvgIpc) is 3.14. The summed E-state index contributed by atoms with van der Waals surface area (Å²) in [5, 5.41) is 8.25. The summed E-state index contributed by atoms with van der Waals surface area (Å²) < 4.78 is 1.67. The zero-order chi connectivity index (χ0) is 16.4. The van der Waals surface area contributed by atoms with Gasteiger partial charge < -0.3 is 10.2 Å².